The minimum atomic E-state index is -1.34. The number of hydrogen-bond acceptors (Lipinski definition) is 8. The minimum Gasteiger partial charge on any atom is -0.550 e. The molecule has 0 saturated heterocycles. The molecule has 0 aliphatic heterocycles. The van der Waals surface area contributed by atoms with Gasteiger partial charge in [-0.2, -0.15) is 0 Å². The van der Waals surface area contributed by atoms with Crippen LogP contribution in [0.15, 0.2) is 24.3 Å². The van der Waals surface area contributed by atoms with Crippen molar-refractivity contribution in [3.8, 4) is 0 Å². The van der Waals surface area contributed by atoms with Gasteiger partial charge in [-0.25, -0.2) is 9.59 Å². The predicted octanol–water partition coefficient (Wildman–Crippen LogP) is -2.67. The van der Waals surface area contributed by atoms with E-state index in [4.69, 9.17) is 0 Å². The van der Waals surface area contributed by atoms with Crippen LogP contribution in [0.2, 0.25) is 0 Å². The van der Waals surface area contributed by atoms with E-state index in [2.05, 4.69) is 22.6 Å². The average molecular weight is 493 g/mol. The third-order valence-electron chi connectivity index (χ3n) is 1.66. The molecular weight excluding hydrogens is 479 g/mol. The zero-order valence-corrected chi connectivity index (χ0v) is 15.5. The molecular formula is C12H14O8Pb. The molecule has 0 heterocycles. The van der Waals surface area contributed by atoms with Crippen molar-refractivity contribution in [2.45, 2.75) is 12.8 Å². The summed E-state index contributed by atoms with van der Waals surface area (Å²) in [6.07, 6.45) is -0.959. The van der Waals surface area contributed by atoms with E-state index in [1.54, 1.807) is 0 Å². The SMILES string of the molecule is C=C(CC(=O)[O-])C(=O)OC.C=C(CC(=O)[O-])C(=O)OC.[Pb+2]. The largest absolute Gasteiger partial charge is 2.00 e. The Labute approximate surface area is 141 Å². The van der Waals surface area contributed by atoms with Gasteiger partial charge in [-0.15, -0.1) is 0 Å². The van der Waals surface area contributed by atoms with Crippen molar-refractivity contribution in [1.29, 1.82) is 0 Å². The molecule has 0 bridgehead atoms. The van der Waals surface area contributed by atoms with E-state index in [-0.39, 0.29) is 38.4 Å². The van der Waals surface area contributed by atoms with E-state index < -0.39 is 36.7 Å². The topological polar surface area (TPSA) is 133 Å². The molecule has 0 aromatic rings. The van der Waals surface area contributed by atoms with E-state index in [0.29, 0.717) is 0 Å². The van der Waals surface area contributed by atoms with E-state index in [1.807, 2.05) is 0 Å². The van der Waals surface area contributed by atoms with Crippen molar-refractivity contribution < 1.29 is 38.9 Å². The van der Waals surface area contributed by atoms with Gasteiger partial charge in [0.25, 0.3) is 0 Å². The summed E-state index contributed by atoms with van der Waals surface area (Å²) in [5, 5.41) is 19.7. The van der Waals surface area contributed by atoms with Crippen LogP contribution < -0.4 is 10.2 Å². The van der Waals surface area contributed by atoms with Crippen molar-refractivity contribution in [3.63, 3.8) is 0 Å². The first kappa shape index (κ1) is 24.3. The van der Waals surface area contributed by atoms with Crippen LogP contribution in [0.1, 0.15) is 12.8 Å². The maximum Gasteiger partial charge on any atom is 2.00 e. The molecule has 0 unspecified atom stereocenters. The Morgan fingerprint density at radius 3 is 1.19 bits per heavy atom. The Morgan fingerprint density at radius 2 is 1.05 bits per heavy atom. The Balaban J connectivity index is -0.000000295. The molecule has 0 fully saturated rings. The first-order valence-corrected chi connectivity index (χ1v) is 5.07. The smallest absolute Gasteiger partial charge is 0.550 e. The van der Waals surface area contributed by atoms with Gasteiger partial charge >= 0.3 is 39.2 Å². The van der Waals surface area contributed by atoms with Gasteiger partial charge in [0.2, 0.25) is 0 Å². The van der Waals surface area contributed by atoms with Crippen LogP contribution in [-0.4, -0.2) is 65.4 Å². The Bertz CT molecular complexity index is 387. The van der Waals surface area contributed by atoms with Crippen LogP contribution in [0.25, 0.3) is 0 Å². The number of methoxy groups -OCH3 is 2. The van der Waals surface area contributed by atoms with Crippen molar-refractivity contribution >= 4 is 51.2 Å². The number of carbonyl (C=O) groups is 4. The van der Waals surface area contributed by atoms with Crippen LogP contribution >= 0.6 is 0 Å². The molecule has 0 aliphatic rings. The van der Waals surface area contributed by atoms with Crippen LogP contribution in [-0.2, 0) is 28.7 Å². The summed E-state index contributed by atoms with van der Waals surface area (Å²) in [4.78, 5) is 40.6. The summed E-state index contributed by atoms with van der Waals surface area (Å²) >= 11 is 0. The summed E-state index contributed by atoms with van der Waals surface area (Å²) in [7, 11) is 2.31. The van der Waals surface area contributed by atoms with Crippen molar-refractivity contribution in [3.05, 3.63) is 24.3 Å². The quantitative estimate of drug-likeness (QED) is 0.222. The molecule has 0 amide bonds. The van der Waals surface area contributed by atoms with Gasteiger partial charge in [0.1, 0.15) is 0 Å². The zero-order valence-electron chi connectivity index (χ0n) is 11.6. The van der Waals surface area contributed by atoms with E-state index >= 15 is 0 Å². The summed E-state index contributed by atoms with van der Waals surface area (Å²) < 4.78 is 8.37. The summed E-state index contributed by atoms with van der Waals surface area (Å²) in [5.74, 6) is -4.11. The number of carbonyl (C=O) groups excluding carboxylic acids is 4. The van der Waals surface area contributed by atoms with Crippen molar-refractivity contribution in [2.24, 2.45) is 0 Å². The molecule has 0 N–H and O–H groups in total. The maximum atomic E-state index is 10.4. The second kappa shape index (κ2) is 13.3. The molecule has 0 rings (SSSR count). The third kappa shape index (κ3) is 14.5. The molecule has 0 aromatic carbocycles. The normalized spacial score (nSPS) is 8.10. The molecule has 2 radical (unpaired) electrons. The fourth-order valence-electron chi connectivity index (χ4n) is 0.781. The molecule has 0 aliphatic carbocycles. The van der Waals surface area contributed by atoms with E-state index in [1.165, 1.54) is 0 Å². The number of carboxylic acid groups (broad SMARTS) is 2. The third-order valence-corrected chi connectivity index (χ3v) is 1.66. The first-order valence-electron chi connectivity index (χ1n) is 5.07. The van der Waals surface area contributed by atoms with Crippen molar-refractivity contribution in [1.82, 2.24) is 0 Å². The van der Waals surface area contributed by atoms with Gasteiger partial charge < -0.3 is 29.3 Å². The van der Waals surface area contributed by atoms with Gasteiger partial charge in [-0.05, 0) is 0 Å². The summed E-state index contributed by atoms with van der Waals surface area (Å²) in [6.45, 7) is 6.34. The number of carboxylic acids is 2. The van der Waals surface area contributed by atoms with Gasteiger partial charge in [0.05, 0.1) is 14.2 Å². The molecule has 0 aromatic heterocycles. The van der Waals surface area contributed by atoms with Crippen LogP contribution in [0.5, 0.6) is 0 Å². The summed E-state index contributed by atoms with van der Waals surface area (Å²) in [5.41, 5.74) is -0.218. The molecule has 0 spiro atoms. The molecule has 0 atom stereocenters. The van der Waals surface area contributed by atoms with Gasteiger partial charge in [-0.3, -0.25) is 0 Å². The van der Waals surface area contributed by atoms with Crippen LogP contribution in [0, 0.1) is 0 Å². The van der Waals surface area contributed by atoms with Crippen LogP contribution in [0.4, 0.5) is 0 Å². The van der Waals surface area contributed by atoms with Crippen molar-refractivity contribution in [2.75, 3.05) is 14.2 Å². The fourth-order valence-corrected chi connectivity index (χ4v) is 0.781. The number of rotatable bonds is 6. The van der Waals surface area contributed by atoms with Gasteiger partial charge in [0.15, 0.2) is 0 Å². The number of ether oxygens (including phenoxy) is 2. The average Bonchev–Trinajstić information content (AvgIpc) is 2.35. The van der Waals surface area contributed by atoms with E-state index in [0.717, 1.165) is 14.2 Å². The zero-order chi connectivity index (χ0) is 16.3. The first-order chi connectivity index (χ1) is 9.15. The maximum absolute atomic E-state index is 10.4. The Hall–Kier alpha value is -1.72. The number of hydrogen-bond donors (Lipinski definition) is 0. The molecule has 8 nitrogen and oxygen atoms in total. The van der Waals surface area contributed by atoms with E-state index in [9.17, 15) is 29.4 Å². The summed E-state index contributed by atoms with van der Waals surface area (Å²) in [6, 6.07) is 0. The van der Waals surface area contributed by atoms with Crippen LogP contribution in [0.3, 0.4) is 0 Å². The fraction of sp³-hybridized carbons (Fsp3) is 0.333. The Morgan fingerprint density at radius 1 is 0.810 bits per heavy atom. The number of aliphatic carboxylic acids is 2. The van der Waals surface area contributed by atoms with Gasteiger partial charge in [0, 0.05) is 35.9 Å². The van der Waals surface area contributed by atoms with Gasteiger partial charge in [-0.1, -0.05) is 13.2 Å². The monoisotopic (exact) mass is 494 g/mol. The predicted molar refractivity (Wildman–Crippen MR) is 67.3 cm³/mol. The Kier molecular flexibility index (Phi) is 15.4. The molecule has 21 heavy (non-hydrogen) atoms. The molecule has 114 valence electrons. The standard InChI is InChI=1S/2C6H8O4.Pb/c2*1-4(3-5(7)8)6(9)10-2;/h2*1,3H2,2H3,(H,7,8);/q;;+2/p-2. The second-order valence-corrected chi connectivity index (χ2v) is 3.29. The molecule has 9 heteroatoms. The number of esters is 2. The molecule has 0 saturated carbocycles. The second-order valence-electron chi connectivity index (χ2n) is 3.29. The minimum absolute atomic E-state index is 0.